The van der Waals surface area contributed by atoms with Crippen LogP contribution in [-0.4, -0.2) is 29.8 Å². The lowest BCUT2D eigenvalue weighted by molar-refractivity contribution is -0.130. The maximum absolute atomic E-state index is 12.5. The molecule has 0 saturated carbocycles. The number of hydrogen-bond donors (Lipinski definition) is 1. The summed E-state index contributed by atoms with van der Waals surface area (Å²) in [5.41, 5.74) is 3.88. The fraction of sp³-hybridized carbons (Fsp3) is 0.333. The first kappa shape index (κ1) is 18.7. The van der Waals surface area contributed by atoms with Crippen molar-refractivity contribution in [3.05, 3.63) is 70.8 Å². The van der Waals surface area contributed by atoms with E-state index in [0.29, 0.717) is 18.7 Å². The van der Waals surface area contributed by atoms with E-state index in [2.05, 4.69) is 5.32 Å². The van der Waals surface area contributed by atoms with Gasteiger partial charge in [0.25, 0.3) is 5.91 Å². The van der Waals surface area contributed by atoms with Crippen LogP contribution in [0.15, 0.2) is 48.5 Å². The molecule has 4 nitrogen and oxygen atoms in total. The Morgan fingerprint density at radius 2 is 1.72 bits per heavy atom. The zero-order valence-electron chi connectivity index (χ0n) is 15.2. The molecule has 132 valence electrons. The van der Waals surface area contributed by atoms with Gasteiger partial charge in [-0.05, 0) is 49.1 Å². The van der Waals surface area contributed by atoms with Crippen LogP contribution >= 0.6 is 0 Å². The number of nitrogens with zero attached hydrogens (tertiary/aromatic N) is 1. The van der Waals surface area contributed by atoms with Gasteiger partial charge in [0.15, 0.2) is 0 Å². The van der Waals surface area contributed by atoms with Crippen molar-refractivity contribution in [2.75, 3.05) is 13.1 Å². The molecule has 2 aromatic rings. The number of amides is 2. The fourth-order valence-corrected chi connectivity index (χ4v) is 2.62. The molecule has 2 amide bonds. The van der Waals surface area contributed by atoms with Gasteiger partial charge in [-0.2, -0.15) is 0 Å². The molecule has 25 heavy (non-hydrogen) atoms. The van der Waals surface area contributed by atoms with Gasteiger partial charge in [0, 0.05) is 18.7 Å². The standard InChI is InChI=1S/C21H26N2O2/c1-4-12-23(15-18-8-6-5-7-9-18)20(24)14-22-21(25)19-11-10-16(2)17(3)13-19/h5-11,13H,4,12,14-15H2,1-3H3,(H,22,25). The van der Waals surface area contributed by atoms with E-state index < -0.39 is 0 Å². The monoisotopic (exact) mass is 338 g/mol. The minimum absolute atomic E-state index is 0.0125. The lowest BCUT2D eigenvalue weighted by Crippen LogP contribution is -2.40. The molecule has 2 rings (SSSR count). The van der Waals surface area contributed by atoms with Crippen molar-refractivity contribution in [1.29, 1.82) is 0 Å². The molecule has 0 aliphatic rings. The highest BCUT2D eigenvalue weighted by Crippen LogP contribution is 2.10. The molecular weight excluding hydrogens is 312 g/mol. The molecule has 0 bridgehead atoms. The minimum Gasteiger partial charge on any atom is -0.343 e. The predicted molar refractivity (Wildman–Crippen MR) is 100 cm³/mol. The molecule has 0 aliphatic carbocycles. The van der Waals surface area contributed by atoms with Gasteiger partial charge in [-0.15, -0.1) is 0 Å². The lowest BCUT2D eigenvalue weighted by atomic mass is 10.1. The molecule has 0 saturated heterocycles. The molecule has 0 aliphatic heterocycles. The Morgan fingerprint density at radius 3 is 2.36 bits per heavy atom. The van der Waals surface area contributed by atoms with Gasteiger partial charge in [-0.25, -0.2) is 0 Å². The molecule has 0 unspecified atom stereocenters. The van der Waals surface area contributed by atoms with E-state index in [9.17, 15) is 9.59 Å². The van der Waals surface area contributed by atoms with Crippen molar-refractivity contribution in [3.8, 4) is 0 Å². The summed E-state index contributed by atoms with van der Waals surface area (Å²) in [6.07, 6.45) is 0.879. The van der Waals surface area contributed by atoms with Crippen LogP contribution in [0.5, 0.6) is 0 Å². The van der Waals surface area contributed by atoms with Crippen molar-refractivity contribution < 1.29 is 9.59 Å². The molecule has 0 aromatic heterocycles. The summed E-state index contributed by atoms with van der Waals surface area (Å²) in [6, 6.07) is 15.5. The molecule has 0 radical (unpaired) electrons. The number of benzene rings is 2. The number of rotatable bonds is 7. The maximum Gasteiger partial charge on any atom is 0.251 e. The molecular formula is C21H26N2O2. The highest BCUT2D eigenvalue weighted by Gasteiger charge is 2.15. The predicted octanol–water partition coefficient (Wildman–Crippen LogP) is 3.47. The highest BCUT2D eigenvalue weighted by atomic mass is 16.2. The van der Waals surface area contributed by atoms with Crippen LogP contribution in [0.1, 0.15) is 40.4 Å². The number of carbonyl (C=O) groups is 2. The molecule has 0 fully saturated rings. The Kier molecular flexibility index (Phi) is 6.75. The summed E-state index contributed by atoms with van der Waals surface area (Å²) in [5, 5.41) is 2.74. The third-order valence-corrected chi connectivity index (χ3v) is 4.23. The summed E-state index contributed by atoms with van der Waals surface area (Å²) in [7, 11) is 0. The van der Waals surface area contributed by atoms with Crippen LogP contribution in [0.3, 0.4) is 0 Å². The summed E-state index contributed by atoms with van der Waals surface area (Å²) in [5.74, 6) is -0.282. The van der Waals surface area contributed by atoms with Gasteiger partial charge >= 0.3 is 0 Å². The molecule has 4 heteroatoms. The Balaban J connectivity index is 1.95. The first-order valence-corrected chi connectivity index (χ1v) is 8.68. The van der Waals surface area contributed by atoms with Crippen LogP contribution in [0.2, 0.25) is 0 Å². The first-order chi connectivity index (χ1) is 12.0. The van der Waals surface area contributed by atoms with E-state index in [4.69, 9.17) is 0 Å². The Morgan fingerprint density at radius 1 is 1.00 bits per heavy atom. The third-order valence-electron chi connectivity index (χ3n) is 4.23. The minimum atomic E-state index is -0.215. The van der Waals surface area contributed by atoms with Crippen molar-refractivity contribution in [2.45, 2.75) is 33.7 Å². The number of nitrogens with one attached hydrogen (secondary N) is 1. The van der Waals surface area contributed by atoms with Crippen molar-refractivity contribution in [1.82, 2.24) is 10.2 Å². The topological polar surface area (TPSA) is 49.4 Å². The van der Waals surface area contributed by atoms with Gasteiger partial charge in [-0.1, -0.05) is 43.3 Å². The zero-order chi connectivity index (χ0) is 18.2. The van der Waals surface area contributed by atoms with E-state index in [1.165, 1.54) is 0 Å². The summed E-state index contributed by atoms with van der Waals surface area (Å²) < 4.78 is 0. The Hall–Kier alpha value is -2.62. The van der Waals surface area contributed by atoms with Crippen molar-refractivity contribution >= 4 is 11.8 Å². The quantitative estimate of drug-likeness (QED) is 0.840. The van der Waals surface area contributed by atoms with Gasteiger partial charge in [0.2, 0.25) is 5.91 Å². The molecule has 0 spiro atoms. The van der Waals surface area contributed by atoms with E-state index in [0.717, 1.165) is 23.1 Å². The molecule has 0 atom stereocenters. The van der Waals surface area contributed by atoms with Gasteiger partial charge in [0.05, 0.1) is 6.54 Å². The second-order valence-electron chi connectivity index (χ2n) is 6.28. The smallest absolute Gasteiger partial charge is 0.251 e. The molecule has 0 heterocycles. The van der Waals surface area contributed by atoms with Crippen LogP contribution in [0.25, 0.3) is 0 Å². The second-order valence-corrected chi connectivity index (χ2v) is 6.28. The van der Waals surface area contributed by atoms with Crippen LogP contribution in [0, 0.1) is 13.8 Å². The van der Waals surface area contributed by atoms with Gasteiger partial charge < -0.3 is 10.2 Å². The Bertz CT molecular complexity index is 726. The Labute approximate surface area is 149 Å². The average molecular weight is 338 g/mol. The average Bonchev–Trinajstić information content (AvgIpc) is 2.62. The number of carbonyl (C=O) groups excluding carboxylic acids is 2. The van der Waals surface area contributed by atoms with E-state index in [-0.39, 0.29) is 18.4 Å². The number of aryl methyl sites for hydroxylation is 2. The second kappa shape index (κ2) is 9.02. The summed E-state index contributed by atoms with van der Waals surface area (Å²) in [6.45, 7) is 7.27. The summed E-state index contributed by atoms with van der Waals surface area (Å²) in [4.78, 5) is 26.6. The van der Waals surface area contributed by atoms with Crippen LogP contribution in [0.4, 0.5) is 0 Å². The summed E-state index contributed by atoms with van der Waals surface area (Å²) >= 11 is 0. The highest BCUT2D eigenvalue weighted by molar-refractivity contribution is 5.96. The fourth-order valence-electron chi connectivity index (χ4n) is 2.62. The van der Waals surface area contributed by atoms with Crippen molar-refractivity contribution in [2.24, 2.45) is 0 Å². The zero-order valence-corrected chi connectivity index (χ0v) is 15.2. The van der Waals surface area contributed by atoms with Crippen LogP contribution in [-0.2, 0) is 11.3 Å². The van der Waals surface area contributed by atoms with Gasteiger partial charge in [-0.3, -0.25) is 9.59 Å². The lowest BCUT2D eigenvalue weighted by Gasteiger charge is -2.22. The van der Waals surface area contributed by atoms with Crippen molar-refractivity contribution in [3.63, 3.8) is 0 Å². The number of hydrogen-bond acceptors (Lipinski definition) is 2. The van der Waals surface area contributed by atoms with E-state index in [1.807, 2.05) is 63.2 Å². The van der Waals surface area contributed by atoms with E-state index >= 15 is 0 Å². The van der Waals surface area contributed by atoms with E-state index in [1.54, 1.807) is 11.0 Å². The van der Waals surface area contributed by atoms with Crippen LogP contribution < -0.4 is 5.32 Å². The van der Waals surface area contributed by atoms with Gasteiger partial charge in [0.1, 0.15) is 0 Å². The molecule has 2 aromatic carbocycles. The normalized spacial score (nSPS) is 10.4. The molecule has 1 N–H and O–H groups in total. The SMILES string of the molecule is CCCN(Cc1ccccc1)C(=O)CNC(=O)c1ccc(C)c(C)c1. The maximum atomic E-state index is 12.5. The first-order valence-electron chi connectivity index (χ1n) is 8.68. The largest absolute Gasteiger partial charge is 0.343 e. The third kappa shape index (κ3) is 5.45.